The first kappa shape index (κ1) is 15.3. The van der Waals surface area contributed by atoms with Crippen LogP contribution in [0.15, 0.2) is 42.2 Å². The van der Waals surface area contributed by atoms with Crippen molar-refractivity contribution < 1.29 is 4.65 Å². The van der Waals surface area contributed by atoms with Gasteiger partial charge in [0.15, 0.2) is 0 Å². The van der Waals surface area contributed by atoms with Crippen LogP contribution in [0.3, 0.4) is 0 Å². The maximum atomic E-state index is 6.30. The third-order valence-corrected chi connectivity index (χ3v) is 5.05. The molecule has 0 aliphatic carbocycles. The lowest BCUT2D eigenvalue weighted by Crippen LogP contribution is -2.36. The molecular weight excluding hydrogens is 267 g/mol. The molecule has 0 N–H and O–H groups in total. The molecule has 2 heterocycles. The van der Waals surface area contributed by atoms with Gasteiger partial charge in [-0.05, 0) is 36.8 Å². The highest BCUT2D eigenvalue weighted by Gasteiger charge is 2.42. The second kappa shape index (κ2) is 7.59. The molecule has 1 nitrogen and oxygen atoms in total. The zero-order valence-corrected chi connectivity index (χ0v) is 13.6. The lowest BCUT2D eigenvalue weighted by Gasteiger charge is -2.39. The van der Waals surface area contributed by atoms with Gasteiger partial charge >= 0.3 is 6.92 Å². The Balaban J connectivity index is 1.53. The quantitative estimate of drug-likeness (QED) is 0.409. The number of hydrogen-bond donors (Lipinski definition) is 0. The summed E-state index contributed by atoms with van der Waals surface area (Å²) in [5, 5.41) is 0. The molecule has 0 saturated carbocycles. The minimum atomic E-state index is 0.473. The van der Waals surface area contributed by atoms with Crippen molar-refractivity contribution in [2.24, 2.45) is 0 Å². The molecule has 0 unspecified atom stereocenters. The summed E-state index contributed by atoms with van der Waals surface area (Å²) in [6, 6.07) is 10.2. The summed E-state index contributed by atoms with van der Waals surface area (Å²) < 4.78 is 6.30. The van der Waals surface area contributed by atoms with Crippen LogP contribution >= 0.6 is 0 Å². The summed E-state index contributed by atoms with van der Waals surface area (Å²) >= 11 is 0. The van der Waals surface area contributed by atoms with E-state index in [0.717, 1.165) is 29.4 Å². The van der Waals surface area contributed by atoms with Gasteiger partial charge in [0.1, 0.15) is 0 Å². The van der Waals surface area contributed by atoms with Gasteiger partial charge < -0.3 is 4.65 Å². The minimum absolute atomic E-state index is 0.473. The van der Waals surface area contributed by atoms with E-state index in [1.807, 2.05) is 30.3 Å². The summed E-state index contributed by atoms with van der Waals surface area (Å²) in [7, 11) is 0. The van der Waals surface area contributed by atoms with E-state index in [9.17, 15) is 0 Å². The zero-order valence-electron chi connectivity index (χ0n) is 13.6. The second-order valence-electron chi connectivity index (χ2n) is 6.65. The molecular formula is C20H25BO. The zero-order chi connectivity index (χ0) is 15.2. The van der Waals surface area contributed by atoms with E-state index in [1.165, 1.54) is 38.5 Å². The normalized spacial score (nSPS) is 24.4. The van der Waals surface area contributed by atoms with Gasteiger partial charge in [-0.1, -0.05) is 68.6 Å². The molecule has 0 aromatic heterocycles. The topological polar surface area (TPSA) is 9.23 Å². The van der Waals surface area contributed by atoms with E-state index in [1.54, 1.807) is 0 Å². The van der Waals surface area contributed by atoms with Crippen LogP contribution in [0.25, 0.3) is 0 Å². The predicted octanol–water partition coefficient (Wildman–Crippen LogP) is 5.45. The van der Waals surface area contributed by atoms with E-state index < -0.39 is 0 Å². The number of allylic oxidation sites excluding steroid dienone is 2. The van der Waals surface area contributed by atoms with Crippen LogP contribution in [0.4, 0.5) is 0 Å². The Morgan fingerprint density at radius 1 is 1.14 bits per heavy atom. The van der Waals surface area contributed by atoms with Gasteiger partial charge in [-0.25, -0.2) is 0 Å². The molecule has 0 atom stereocenters. The summed E-state index contributed by atoms with van der Waals surface area (Å²) in [6.07, 6.45) is 11.2. The summed E-state index contributed by atoms with van der Waals surface area (Å²) in [6.45, 7) is 2.56. The maximum Gasteiger partial charge on any atom is 0.363 e. The van der Waals surface area contributed by atoms with Crippen LogP contribution in [0.5, 0.6) is 0 Å². The third kappa shape index (κ3) is 3.98. The van der Waals surface area contributed by atoms with Gasteiger partial charge in [-0.15, -0.1) is 0 Å². The Morgan fingerprint density at radius 3 is 2.41 bits per heavy atom. The van der Waals surface area contributed by atoms with Crippen molar-refractivity contribution in [2.75, 3.05) is 0 Å². The van der Waals surface area contributed by atoms with Crippen LogP contribution in [0, 0.1) is 11.8 Å². The van der Waals surface area contributed by atoms with Gasteiger partial charge in [-0.2, -0.15) is 0 Å². The standard InChI is InChI=1S/C20H25BO/c1-17(9-5-6-12-18-10-3-2-4-11-18)22-21-19-13-7-14-20(21)16-8-15-19/h2-4,9-11,19-20H,5,7-8,13-16H2,1H3/b17-9-. The van der Waals surface area contributed by atoms with Crippen LogP contribution in [-0.4, -0.2) is 6.92 Å². The van der Waals surface area contributed by atoms with E-state index in [2.05, 4.69) is 24.8 Å². The fraction of sp³-hybridized carbons (Fsp3) is 0.500. The molecule has 1 aromatic rings. The van der Waals surface area contributed by atoms with E-state index in [4.69, 9.17) is 4.65 Å². The van der Waals surface area contributed by atoms with Crippen molar-refractivity contribution in [1.29, 1.82) is 0 Å². The first-order valence-corrected chi connectivity index (χ1v) is 8.70. The number of hydrogen-bond acceptors (Lipinski definition) is 1. The Kier molecular flexibility index (Phi) is 5.27. The molecule has 2 saturated heterocycles. The average molecular weight is 292 g/mol. The minimum Gasteiger partial charge on any atom is -0.563 e. The highest BCUT2D eigenvalue weighted by molar-refractivity contribution is 6.56. The van der Waals surface area contributed by atoms with Crippen LogP contribution in [0.2, 0.25) is 11.6 Å². The fourth-order valence-electron chi connectivity index (χ4n) is 3.94. The second-order valence-corrected chi connectivity index (χ2v) is 6.65. The summed E-state index contributed by atoms with van der Waals surface area (Å²) in [5.41, 5.74) is 1.08. The van der Waals surface area contributed by atoms with Gasteiger partial charge in [-0.3, -0.25) is 0 Å². The van der Waals surface area contributed by atoms with Crippen LogP contribution in [0.1, 0.15) is 57.4 Å². The Bertz CT molecular complexity index is 544. The first-order chi connectivity index (χ1) is 10.8. The molecule has 2 aliphatic heterocycles. The molecule has 114 valence electrons. The molecule has 2 fully saturated rings. The Morgan fingerprint density at radius 2 is 1.77 bits per heavy atom. The van der Waals surface area contributed by atoms with Crippen LogP contribution in [-0.2, 0) is 4.65 Å². The van der Waals surface area contributed by atoms with Crippen LogP contribution < -0.4 is 0 Å². The van der Waals surface area contributed by atoms with E-state index in [0.29, 0.717) is 6.92 Å². The third-order valence-electron chi connectivity index (χ3n) is 5.05. The molecule has 1 aromatic carbocycles. The molecule has 3 rings (SSSR count). The SMILES string of the molecule is C/C(=C/CC#Cc1ccccc1)OB1C2CCCC1CCC2. The van der Waals surface area contributed by atoms with Crippen molar-refractivity contribution in [2.45, 2.75) is 63.5 Å². The first-order valence-electron chi connectivity index (χ1n) is 8.70. The number of rotatable bonds is 3. The predicted molar refractivity (Wildman–Crippen MR) is 93.7 cm³/mol. The average Bonchev–Trinajstić information content (AvgIpc) is 2.52. The van der Waals surface area contributed by atoms with Crippen molar-refractivity contribution in [3.05, 3.63) is 47.7 Å². The molecule has 2 aliphatic rings. The van der Waals surface area contributed by atoms with Gasteiger partial charge in [0.05, 0.1) is 5.76 Å². The summed E-state index contributed by atoms with van der Waals surface area (Å²) in [5.74, 6) is 9.06. The lowest BCUT2D eigenvalue weighted by molar-refractivity contribution is 0.333. The molecule has 0 spiro atoms. The smallest absolute Gasteiger partial charge is 0.363 e. The van der Waals surface area contributed by atoms with Crippen molar-refractivity contribution in [3.63, 3.8) is 0 Å². The highest BCUT2D eigenvalue weighted by atomic mass is 16.4. The monoisotopic (exact) mass is 292 g/mol. The lowest BCUT2D eigenvalue weighted by atomic mass is 9.38. The Labute approximate surface area is 135 Å². The van der Waals surface area contributed by atoms with Crippen molar-refractivity contribution in [3.8, 4) is 11.8 Å². The number of fused-ring (bicyclic) bond motifs is 2. The van der Waals surface area contributed by atoms with Gasteiger partial charge in [0.25, 0.3) is 0 Å². The van der Waals surface area contributed by atoms with Crippen molar-refractivity contribution >= 4 is 6.92 Å². The number of benzene rings is 1. The van der Waals surface area contributed by atoms with Crippen molar-refractivity contribution in [1.82, 2.24) is 0 Å². The highest BCUT2D eigenvalue weighted by Crippen LogP contribution is 2.47. The Hall–Kier alpha value is -1.62. The van der Waals surface area contributed by atoms with Gasteiger partial charge in [0.2, 0.25) is 0 Å². The molecule has 22 heavy (non-hydrogen) atoms. The van der Waals surface area contributed by atoms with Gasteiger partial charge in [0, 0.05) is 12.0 Å². The molecule has 2 bridgehead atoms. The summed E-state index contributed by atoms with van der Waals surface area (Å²) in [4.78, 5) is 0. The van der Waals surface area contributed by atoms with E-state index in [-0.39, 0.29) is 0 Å². The maximum absolute atomic E-state index is 6.30. The fourth-order valence-corrected chi connectivity index (χ4v) is 3.94. The van der Waals surface area contributed by atoms with E-state index >= 15 is 0 Å². The molecule has 2 heteroatoms. The largest absolute Gasteiger partial charge is 0.563 e. The molecule has 0 amide bonds. The molecule has 0 radical (unpaired) electrons.